The Labute approximate surface area is 39.8 Å². The van der Waals surface area contributed by atoms with E-state index in [1.165, 1.54) is 0 Å². The van der Waals surface area contributed by atoms with Gasteiger partial charge in [-0.05, 0) is 0 Å². The van der Waals surface area contributed by atoms with Gasteiger partial charge < -0.3 is 9.84 Å². The van der Waals surface area contributed by atoms with E-state index in [-0.39, 0.29) is 7.43 Å². The maximum Gasteiger partial charge on any atom is 0.0351 e. The summed E-state index contributed by atoms with van der Waals surface area (Å²) in [5.41, 5.74) is 0. The molecule has 0 aromatic heterocycles. The van der Waals surface area contributed by atoms with Crippen molar-refractivity contribution in [2.75, 3.05) is 21.3 Å². The first-order chi connectivity index (χ1) is 2.41. The molecule has 0 aliphatic rings. The van der Waals surface area contributed by atoms with Gasteiger partial charge in [-0.2, -0.15) is 0 Å². The van der Waals surface area contributed by atoms with Crippen molar-refractivity contribution in [3.05, 3.63) is 0 Å². The Morgan fingerprint density at radius 1 is 1.17 bits per heavy atom. The maximum absolute atomic E-state index is 7.00. The fraction of sp³-hybridized carbons (Fsp3) is 1.00. The number of hydrogen-bond donors (Lipinski definition) is 1. The van der Waals surface area contributed by atoms with Gasteiger partial charge in [0.25, 0.3) is 0 Å². The van der Waals surface area contributed by atoms with Crippen molar-refractivity contribution in [2.45, 2.75) is 7.43 Å². The first-order valence-corrected chi connectivity index (χ1v) is 1.26. The highest BCUT2D eigenvalue weighted by Crippen LogP contribution is 1.28. The molecule has 0 bridgehead atoms. The second kappa shape index (κ2) is 89.3. The van der Waals surface area contributed by atoms with E-state index in [0.717, 1.165) is 7.11 Å². The Kier molecular flexibility index (Phi) is 250. The number of hydrogen-bond acceptors (Lipinski definition) is 2. The summed E-state index contributed by atoms with van der Waals surface area (Å²) in [4.78, 5) is 0. The standard InChI is InChI=1S/C2H6O.CH4O.CH4/c1-3-2;1-2;/h1-2H3;2H,1H3;1H4. The van der Waals surface area contributed by atoms with Crippen LogP contribution in [-0.4, -0.2) is 26.4 Å². The molecule has 0 radical (unpaired) electrons. The van der Waals surface area contributed by atoms with Crippen molar-refractivity contribution < 1.29 is 9.84 Å². The fourth-order valence-electron chi connectivity index (χ4n) is 0. The molecule has 0 heterocycles. The Bertz CT molecular complexity index is 5.51. The summed E-state index contributed by atoms with van der Waals surface area (Å²) in [5.74, 6) is 0. The Balaban J connectivity index is -0.0000000275. The van der Waals surface area contributed by atoms with Crippen LogP contribution >= 0.6 is 0 Å². The number of rotatable bonds is 0. The molecule has 0 saturated heterocycles. The van der Waals surface area contributed by atoms with Gasteiger partial charge in [0.2, 0.25) is 0 Å². The van der Waals surface area contributed by atoms with Gasteiger partial charge in [0.15, 0.2) is 0 Å². The zero-order valence-electron chi connectivity index (χ0n) is 3.86. The molecule has 0 unspecified atom stereocenters. The molecule has 0 fully saturated rings. The van der Waals surface area contributed by atoms with Gasteiger partial charge in [-0.1, -0.05) is 7.43 Å². The van der Waals surface area contributed by atoms with E-state index in [2.05, 4.69) is 4.74 Å². The third-order valence-corrected chi connectivity index (χ3v) is 0. The molecule has 6 heavy (non-hydrogen) atoms. The van der Waals surface area contributed by atoms with E-state index < -0.39 is 0 Å². The van der Waals surface area contributed by atoms with Crippen LogP contribution in [0.4, 0.5) is 0 Å². The first kappa shape index (κ1) is 16.8. The number of ether oxygens (including phenoxy) is 1. The first-order valence-electron chi connectivity index (χ1n) is 1.26. The minimum absolute atomic E-state index is 0. The Hall–Kier alpha value is -0.0800. The van der Waals surface area contributed by atoms with Crippen molar-refractivity contribution in [1.82, 2.24) is 0 Å². The molecule has 0 atom stereocenters. The fourth-order valence-corrected chi connectivity index (χ4v) is 0. The average Bonchev–Trinajstić information content (AvgIpc) is 1.46. The van der Waals surface area contributed by atoms with Crippen molar-refractivity contribution in [3.63, 3.8) is 0 Å². The molecule has 1 N–H and O–H groups in total. The summed E-state index contributed by atoms with van der Waals surface area (Å²) in [7, 11) is 4.25. The van der Waals surface area contributed by atoms with Gasteiger partial charge in [-0.15, -0.1) is 0 Å². The van der Waals surface area contributed by atoms with Crippen LogP contribution in [0.5, 0.6) is 0 Å². The molecule has 2 heteroatoms. The predicted octanol–water partition coefficient (Wildman–Crippen LogP) is 0.507. The highest BCUT2D eigenvalue weighted by atomic mass is 16.4. The van der Waals surface area contributed by atoms with Crippen LogP contribution in [0, 0.1) is 0 Å². The lowest BCUT2D eigenvalue weighted by Gasteiger charge is -1.61. The second-order valence-electron chi connectivity index (χ2n) is 0.408. The van der Waals surface area contributed by atoms with Crippen molar-refractivity contribution in [2.24, 2.45) is 0 Å². The van der Waals surface area contributed by atoms with Crippen LogP contribution in [0.15, 0.2) is 0 Å². The summed E-state index contributed by atoms with van der Waals surface area (Å²) in [5, 5.41) is 7.00. The van der Waals surface area contributed by atoms with Crippen molar-refractivity contribution in [3.8, 4) is 0 Å². The van der Waals surface area contributed by atoms with Gasteiger partial charge in [0, 0.05) is 21.3 Å². The molecule has 0 spiro atoms. The SMILES string of the molecule is C.CO.COC. The quantitative estimate of drug-likeness (QED) is 0.474. The van der Waals surface area contributed by atoms with Crippen LogP contribution in [0.3, 0.4) is 0 Å². The molecule has 0 aliphatic heterocycles. The largest absolute Gasteiger partial charge is 0.400 e. The van der Waals surface area contributed by atoms with E-state index >= 15 is 0 Å². The molecular weight excluding hydrogens is 80.0 g/mol. The number of aliphatic hydroxyl groups excluding tert-OH is 1. The monoisotopic (exact) mass is 94.1 g/mol. The van der Waals surface area contributed by atoms with Gasteiger partial charge in [0.1, 0.15) is 0 Å². The molecule has 0 aliphatic carbocycles. The summed E-state index contributed by atoms with van der Waals surface area (Å²) in [6, 6.07) is 0. The molecule has 42 valence electrons. The van der Waals surface area contributed by atoms with Crippen LogP contribution in [0.1, 0.15) is 7.43 Å². The topological polar surface area (TPSA) is 29.5 Å². The summed E-state index contributed by atoms with van der Waals surface area (Å²) in [6.07, 6.45) is 0. The predicted molar refractivity (Wildman–Crippen MR) is 27.8 cm³/mol. The maximum atomic E-state index is 7.00. The van der Waals surface area contributed by atoms with Gasteiger partial charge >= 0.3 is 0 Å². The van der Waals surface area contributed by atoms with E-state index in [0.29, 0.717) is 0 Å². The summed E-state index contributed by atoms with van der Waals surface area (Å²) < 4.78 is 4.25. The molecular formula is C4H14O2. The van der Waals surface area contributed by atoms with E-state index in [1.54, 1.807) is 14.2 Å². The highest BCUT2D eigenvalue weighted by Gasteiger charge is 1.25. The van der Waals surface area contributed by atoms with Crippen molar-refractivity contribution >= 4 is 0 Å². The lowest BCUT2D eigenvalue weighted by Crippen LogP contribution is -1.55. The third kappa shape index (κ3) is 5220. The minimum atomic E-state index is 0. The Morgan fingerprint density at radius 2 is 1.17 bits per heavy atom. The molecule has 2 nitrogen and oxygen atoms in total. The third-order valence-electron chi connectivity index (χ3n) is 0. The van der Waals surface area contributed by atoms with E-state index in [9.17, 15) is 0 Å². The minimum Gasteiger partial charge on any atom is -0.400 e. The highest BCUT2D eigenvalue weighted by molar-refractivity contribution is 3.56. The molecule has 0 saturated carbocycles. The normalized spacial score (nSPS) is 4.00. The molecule has 0 aromatic carbocycles. The van der Waals surface area contributed by atoms with Crippen LogP contribution in [0.25, 0.3) is 0 Å². The van der Waals surface area contributed by atoms with Crippen LogP contribution < -0.4 is 0 Å². The Morgan fingerprint density at radius 3 is 1.17 bits per heavy atom. The van der Waals surface area contributed by atoms with Crippen LogP contribution in [0.2, 0.25) is 0 Å². The lowest BCUT2D eigenvalue weighted by molar-refractivity contribution is 0.277. The van der Waals surface area contributed by atoms with Gasteiger partial charge in [-0.25, -0.2) is 0 Å². The number of methoxy groups -OCH3 is 1. The van der Waals surface area contributed by atoms with Crippen LogP contribution in [-0.2, 0) is 4.74 Å². The summed E-state index contributed by atoms with van der Waals surface area (Å²) >= 11 is 0. The van der Waals surface area contributed by atoms with Crippen molar-refractivity contribution in [1.29, 1.82) is 0 Å². The van der Waals surface area contributed by atoms with E-state index in [1.807, 2.05) is 0 Å². The zero-order chi connectivity index (χ0) is 4.71. The number of aliphatic hydroxyl groups is 1. The molecule has 0 rings (SSSR count). The summed E-state index contributed by atoms with van der Waals surface area (Å²) in [6.45, 7) is 0. The molecule has 0 aromatic rings. The average molecular weight is 94.2 g/mol. The lowest BCUT2D eigenvalue weighted by atomic mass is 11.6. The smallest absolute Gasteiger partial charge is 0.0351 e. The second-order valence-corrected chi connectivity index (χ2v) is 0.408. The van der Waals surface area contributed by atoms with Gasteiger partial charge in [0.05, 0.1) is 0 Å². The van der Waals surface area contributed by atoms with E-state index in [4.69, 9.17) is 5.11 Å². The molecule has 0 amide bonds. The van der Waals surface area contributed by atoms with Gasteiger partial charge in [-0.3, -0.25) is 0 Å². The zero-order valence-corrected chi connectivity index (χ0v) is 3.86.